The molecule has 0 radical (unpaired) electrons. The summed E-state index contributed by atoms with van der Waals surface area (Å²) in [5, 5.41) is 6.94. The van der Waals surface area contributed by atoms with Crippen LogP contribution in [-0.4, -0.2) is 19.1 Å². The lowest BCUT2D eigenvalue weighted by Gasteiger charge is -2.32. The van der Waals surface area contributed by atoms with Crippen LogP contribution in [0.25, 0.3) is 0 Å². The van der Waals surface area contributed by atoms with Gasteiger partial charge in [-0.05, 0) is 43.0 Å². The Balaban J connectivity index is 1.71. The van der Waals surface area contributed by atoms with Gasteiger partial charge in [-0.2, -0.15) is 0 Å². The highest BCUT2D eigenvalue weighted by Crippen LogP contribution is 2.32. The topological polar surface area (TPSA) is 24.1 Å². The Bertz CT molecular complexity index is 401. The van der Waals surface area contributed by atoms with Crippen molar-refractivity contribution in [2.24, 2.45) is 0 Å². The SMILES string of the molecule is Fc1ccc2c(c1)C(CNC1CCC1)CCN2. The van der Waals surface area contributed by atoms with E-state index < -0.39 is 0 Å². The summed E-state index contributed by atoms with van der Waals surface area (Å²) in [5.74, 6) is 0.337. The van der Waals surface area contributed by atoms with Crippen LogP contribution in [0.1, 0.15) is 37.2 Å². The molecule has 0 amide bonds. The summed E-state index contributed by atoms with van der Waals surface area (Å²) in [6, 6.07) is 5.80. The van der Waals surface area contributed by atoms with Crippen molar-refractivity contribution in [3.05, 3.63) is 29.6 Å². The lowest BCUT2D eigenvalue weighted by atomic mass is 9.88. The van der Waals surface area contributed by atoms with Crippen LogP contribution in [0.5, 0.6) is 0 Å². The van der Waals surface area contributed by atoms with Crippen molar-refractivity contribution in [3.8, 4) is 0 Å². The molecule has 1 aromatic rings. The molecule has 1 unspecified atom stereocenters. The molecule has 1 saturated carbocycles. The average Bonchev–Trinajstić information content (AvgIpc) is 2.27. The van der Waals surface area contributed by atoms with Gasteiger partial charge in [0, 0.05) is 30.7 Å². The van der Waals surface area contributed by atoms with Crippen molar-refractivity contribution in [3.63, 3.8) is 0 Å². The van der Waals surface area contributed by atoms with Crippen molar-refractivity contribution < 1.29 is 4.39 Å². The fraction of sp³-hybridized carbons (Fsp3) is 0.571. The maximum Gasteiger partial charge on any atom is 0.123 e. The second-order valence-corrected chi connectivity index (χ2v) is 5.18. The Morgan fingerprint density at radius 2 is 2.18 bits per heavy atom. The molecule has 1 atom stereocenters. The van der Waals surface area contributed by atoms with Crippen LogP contribution in [0.3, 0.4) is 0 Å². The van der Waals surface area contributed by atoms with E-state index in [0.29, 0.717) is 12.0 Å². The molecule has 1 fully saturated rings. The predicted molar refractivity (Wildman–Crippen MR) is 67.9 cm³/mol. The molecule has 2 N–H and O–H groups in total. The van der Waals surface area contributed by atoms with Gasteiger partial charge in [-0.3, -0.25) is 0 Å². The van der Waals surface area contributed by atoms with E-state index in [-0.39, 0.29) is 5.82 Å². The number of rotatable bonds is 3. The summed E-state index contributed by atoms with van der Waals surface area (Å²) >= 11 is 0. The molecule has 0 saturated heterocycles. The third kappa shape index (κ3) is 2.29. The first-order chi connectivity index (χ1) is 8.33. The van der Waals surface area contributed by atoms with Gasteiger partial charge in [0.2, 0.25) is 0 Å². The maximum atomic E-state index is 13.3. The average molecular weight is 234 g/mol. The molecule has 1 aliphatic heterocycles. The van der Waals surface area contributed by atoms with E-state index >= 15 is 0 Å². The zero-order chi connectivity index (χ0) is 11.7. The van der Waals surface area contributed by atoms with Gasteiger partial charge in [0.15, 0.2) is 0 Å². The zero-order valence-electron chi connectivity index (χ0n) is 10.0. The number of hydrogen-bond donors (Lipinski definition) is 2. The zero-order valence-corrected chi connectivity index (χ0v) is 10.0. The third-order valence-electron chi connectivity index (χ3n) is 4.02. The number of halogens is 1. The van der Waals surface area contributed by atoms with Gasteiger partial charge >= 0.3 is 0 Å². The molecule has 17 heavy (non-hydrogen) atoms. The lowest BCUT2D eigenvalue weighted by Crippen LogP contribution is -2.38. The van der Waals surface area contributed by atoms with Gasteiger partial charge < -0.3 is 10.6 Å². The summed E-state index contributed by atoms with van der Waals surface area (Å²) in [4.78, 5) is 0. The number of benzene rings is 1. The van der Waals surface area contributed by atoms with Gasteiger partial charge in [-0.1, -0.05) is 6.42 Å². The fourth-order valence-electron chi connectivity index (χ4n) is 2.70. The first-order valence-electron chi connectivity index (χ1n) is 6.59. The van der Waals surface area contributed by atoms with Crippen molar-refractivity contribution >= 4 is 5.69 Å². The van der Waals surface area contributed by atoms with Crippen molar-refractivity contribution in [1.82, 2.24) is 5.32 Å². The van der Waals surface area contributed by atoms with Gasteiger partial charge in [-0.15, -0.1) is 0 Å². The number of hydrogen-bond acceptors (Lipinski definition) is 2. The summed E-state index contributed by atoms with van der Waals surface area (Å²) in [7, 11) is 0. The minimum Gasteiger partial charge on any atom is -0.385 e. The minimum atomic E-state index is -0.124. The van der Waals surface area contributed by atoms with E-state index in [1.54, 1.807) is 6.07 Å². The predicted octanol–water partition coefficient (Wildman–Crippen LogP) is 2.87. The molecule has 1 aliphatic carbocycles. The summed E-state index contributed by atoms with van der Waals surface area (Å²) < 4.78 is 13.3. The largest absolute Gasteiger partial charge is 0.385 e. The molecule has 0 spiro atoms. The smallest absolute Gasteiger partial charge is 0.123 e. The lowest BCUT2D eigenvalue weighted by molar-refractivity contribution is 0.329. The standard InChI is InChI=1S/C14H19FN2/c15-11-4-5-14-13(8-11)10(6-7-16-14)9-17-12-2-1-3-12/h4-5,8,10,12,16-17H,1-3,6-7,9H2. The summed E-state index contributed by atoms with van der Waals surface area (Å²) in [5.41, 5.74) is 2.25. The van der Waals surface area contributed by atoms with E-state index in [0.717, 1.165) is 30.8 Å². The Labute approximate surface area is 102 Å². The summed E-state index contributed by atoms with van der Waals surface area (Å²) in [6.45, 7) is 1.98. The van der Waals surface area contributed by atoms with E-state index in [2.05, 4.69) is 10.6 Å². The van der Waals surface area contributed by atoms with Crippen LogP contribution in [0.15, 0.2) is 18.2 Å². The van der Waals surface area contributed by atoms with E-state index in [4.69, 9.17) is 0 Å². The second kappa shape index (κ2) is 4.65. The molecule has 1 aromatic carbocycles. The molecular weight excluding hydrogens is 215 g/mol. The first-order valence-corrected chi connectivity index (χ1v) is 6.59. The maximum absolute atomic E-state index is 13.3. The molecule has 3 heteroatoms. The van der Waals surface area contributed by atoms with Gasteiger partial charge in [0.05, 0.1) is 0 Å². The van der Waals surface area contributed by atoms with Crippen molar-refractivity contribution in [1.29, 1.82) is 0 Å². The van der Waals surface area contributed by atoms with Crippen LogP contribution < -0.4 is 10.6 Å². The van der Waals surface area contributed by atoms with E-state index in [1.165, 1.54) is 25.3 Å². The minimum absolute atomic E-state index is 0.124. The molecule has 0 bridgehead atoms. The van der Waals surface area contributed by atoms with Crippen LogP contribution in [-0.2, 0) is 0 Å². The van der Waals surface area contributed by atoms with Gasteiger partial charge in [-0.25, -0.2) is 4.39 Å². The molecule has 1 heterocycles. The Hall–Kier alpha value is -1.09. The monoisotopic (exact) mass is 234 g/mol. The highest BCUT2D eigenvalue weighted by atomic mass is 19.1. The van der Waals surface area contributed by atoms with Gasteiger partial charge in [0.25, 0.3) is 0 Å². The van der Waals surface area contributed by atoms with Crippen LogP contribution in [0.4, 0.5) is 10.1 Å². The van der Waals surface area contributed by atoms with Crippen LogP contribution >= 0.6 is 0 Å². The highest BCUT2D eigenvalue weighted by Gasteiger charge is 2.23. The third-order valence-corrected chi connectivity index (χ3v) is 4.02. The van der Waals surface area contributed by atoms with Crippen molar-refractivity contribution in [2.45, 2.75) is 37.6 Å². The van der Waals surface area contributed by atoms with E-state index in [9.17, 15) is 4.39 Å². The number of fused-ring (bicyclic) bond motifs is 1. The fourth-order valence-corrected chi connectivity index (χ4v) is 2.70. The Kier molecular flexibility index (Phi) is 3.02. The molecule has 0 aromatic heterocycles. The number of nitrogens with one attached hydrogen (secondary N) is 2. The highest BCUT2D eigenvalue weighted by molar-refractivity contribution is 5.55. The van der Waals surface area contributed by atoms with Crippen LogP contribution in [0, 0.1) is 5.82 Å². The molecule has 2 nitrogen and oxygen atoms in total. The normalized spacial score (nSPS) is 23.7. The quantitative estimate of drug-likeness (QED) is 0.840. The van der Waals surface area contributed by atoms with Gasteiger partial charge in [0.1, 0.15) is 5.82 Å². The molecule has 3 rings (SSSR count). The second-order valence-electron chi connectivity index (χ2n) is 5.18. The Morgan fingerprint density at radius 1 is 1.29 bits per heavy atom. The first kappa shape index (κ1) is 11.0. The van der Waals surface area contributed by atoms with Crippen molar-refractivity contribution in [2.75, 3.05) is 18.4 Å². The number of anilines is 1. The van der Waals surface area contributed by atoms with E-state index in [1.807, 2.05) is 6.07 Å². The van der Waals surface area contributed by atoms with Crippen LogP contribution in [0.2, 0.25) is 0 Å². The Morgan fingerprint density at radius 3 is 2.94 bits per heavy atom. The molecule has 2 aliphatic rings. The summed E-state index contributed by atoms with van der Waals surface area (Å²) in [6.07, 6.45) is 5.06. The molecule has 92 valence electrons. The molecular formula is C14H19FN2.